The van der Waals surface area contributed by atoms with E-state index in [9.17, 15) is 0 Å². The van der Waals surface area contributed by atoms with Crippen LogP contribution in [0.4, 0.5) is 0 Å². The van der Waals surface area contributed by atoms with Crippen molar-refractivity contribution in [3.05, 3.63) is 155 Å². The van der Waals surface area contributed by atoms with Crippen molar-refractivity contribution >= 4 is 33.5 Å². The Balaban J connectivity index is 1.47. The molecule has 1 unspecified atom stereocenters. The molecule has 182 valence electrons. The summed E-state index contributed by atoms with van der Waals surface area (Å²) in [4.78, 5) is 0. The van der Waals surface area contributed by atoms with Crippen LogP contribution in [0, 0.1) is 0 Å². The van der Waals surface area contributed by atoms with Crippen molar-refractivity contribution in [2.75, 3.05) is 0 Å². The molecule has 0 radical (unpaired) electrons. The molecule has 6 aromatic carbocycles. The molecule has 39 heavy (non-hydrogen) atoms. The minimum absolute atomic E-state index is 0.487. The van der Waals surface area contributed by atoms with Gasteiger partial charge in [-0.3, -0.25) is 0 Å². The van der Waals surface area contributed by atoms with Crippen molar-refractivity contribution < 1.29 is 4.42 Å². The van der Waals surface area contributed by atoms with E-state index in [0.717, 1.165) is 27.0 Å². The second-order valence-electron chi connectivity index (χ2n) is 10.6. The number of rotatable bonds is 1. The minimum Gasteiger partial charge on any atom is -0.455 e. The summed E-state index contributed by atoms with van der Waals surface area (Å²) in [6.07, 6.45) is 0. The molecule has 1 nitrogen and oxygen atoms in total. The Kier molecular flexibility index (Phi) is 4.11. The Morgan fingerprint density at radius 3 is 2.15 bits per heavy atom. The first-order chi connectivity index (χ1) is 19.2. The highest BCUT2D eigenvalue weighted by atomic mass is 35.5. The van der Waals surface area contributed by atoms with E-state index in [2.05, 4.69) is 115 Å². The van der Waals surface area contributed by atoms with E-state index in [4.69, 9.17) is 16.0 Å². The van der Waals surface area contributed by atoms with Gasteiger partial charge in [0.05, 0.1) is 5.41 Å². The van der Waals surface area contributed by atoms with Gasteiger partial charge in [0.25, 0.3) is 0 Å². The normalized spacial score (nSPS) is 16.4. The van der Waals surface area contributed by atoms with Crippen molar-refractivity contribution in [2.45, 2.75) is 5.41 Å². The monoisotopic (exact) mass is 516 g/mol. The predicted molar refractivity (Wildman–Crippen MR) is 160 cm³/mol. The molecule has 2 aliphatic carbocycles. The molecule has 0 N–H and O–H groups in total. The highest BCUT2D eigenvalue weighted by Gasteiger charge is 2.52. The maximum absolute atomic E-state index is 6.77. The zero-order valence-electron chi connectivity index (χ0n) is 20.9. The molecule has 1 aromatic heterocycles. The Hall–Kier alpha value is -4.59. The molecule has 0 amide bonds. The van der Waals surface area contributed by atoms with Gasteiger partial charge in [-0.05, 0) is 74.3 Å². The van der Waals surface area contributed by atoms with E-state index in [1.54, 1.807) is 0 Å². The maximum Gasteiger partial charge on any atom is 0.143 e. The van der Waals surface area contributed by atoms with Gasteiger partial charge in [-0.2, -0.15) is 0 Å². The lowest BCUT2D eigenvalue weighted by Crippen LogP contribution is -2.26. The Labute approximate surface area is 230 Å². The number of para-hydroxylation sites is 1. The summed E-state index contributed by atoms with van der Waals surface area (Å²) >= 11 is 6.77. The molecule has 0 saturated heterocycles. The van der Waals surface area contributed by atoms with E-state index < -0.39 is 5.41 Å². The lowest BCUT2D eigenvalue weighted by molar-refractivity contribution is 0.669. The van der Waals surface area contributed by atoms with Gasteiger partial charge in [0.15, 0.2) is 0 Å². The molecule has 1 spiro atoms. The van der Waals surface area contributed by atoms with Crippen LogP contribution in [-0.2, 0) is 5.41 Å². The molecule has 9 rings (SSSR count). The molecule has 0 fully saturated rings. The van der Waals surface area contributed by atoms with E-state index in [0.29, 0.717) is 0 Å². The molecule has 0 bridgehead atoms. The van der Waals surface area contributed by atoms with Gasteiger partial charge in [-0.15, -0.1) is 0 Å². The lowest BCUT2D eigenvalue weighted by Gasteiger charge is -2.30. The summed E-state index contributed by atoms with van der Waals surface area (Å²) in [5.41, 5.74) is 13.8. The molecule has 2 aliphatic rings. The van der Waals surface area contributed by atoms with Crippen LogP contribution < -0.4 is 0 Å². The third-order valence-electron chi connectivity index (χ3n) is 8.76. The third-order valence-corrected chi connectivity index (χ3v) is 8.99. The number of halogens is 1. The van der Waals surface area contributed by atoms with Crippen molar-refractivity contribution in [1.29, 1.82) is 0 Å². The second kappa shape index (κ2) is 7.50. The average Bonchev–Trinajstić information content (AvgIpc) is 3.61. The first-order valence-corrected chi connectivity index (χ1v) is 13.7. The number of hydrogen-bond donors (Lipinski definition) is 0. The topological polar surface area (TPSA) is 13.1 Å². The molecule has 7 aromatic rings. The van der Waals surface area contributed by atoms with Crippen molar-refractivity contribution in [3.8, 4) is 33.4 Å². The number of fused-ring (bicyclic) bond motifs is 14. The van der Waals surface area contributed by atoms with Crippen molar-refractivity contribution in [1.82, 2.24) is 0 Å². The van der Waals surface area contributed by atoms with Crippen LogP contribution in [0.1, 0.15) is 22.3 Å². The van der Waals surface area contributed by atoms with Crippen molar-refractivity contribution in [3.63, 3.8) is 0 Å². The number of hydrogen-bond acceptors (Lipinski definition) is 1. The highest BCUT2D eigenvalue weighted by Crippen LogP contribution is 2.64. The molecule has 0 saturated carbocycles. The predicted octanol–water partition coefficient (Wildman–Crippen LogP) is 10.2. The largest absolute Gasteiger partial charge is 0.455 e. The fourth-order valence-electron chi connectivity index (χ4n) is 7.23. The summed E-state index contributed by atoms with van der Waals surface area (Å²) in [6, 6.07) is 45.7. The van der Waals surface area contributed by atoms with Gasteiger partial charge in [-0.25, -0.2) is 0 Å². The summed E-state index contributed by atoms with van der Waals surface area (Å²) in [6.45, 7) is 0. The van der Waals surface area contributed by atoms with E-state index in [1.807, 2.05) is 12.1 Å². The highest BCUT2D eigenvalue weighted by molar-refractivity contribution is 6.31. The van der Waals surface area contributed by atoms with Crippen LogP contribution in [-0.4, -0.2) is 0 Å². The first kappa shape index (κ1) is 21.4. The smallest absolute Gasteiger partial charge is 0.143 e. The summed E-state index contributed by atoms with van der Waals surface area (Å²) in [7, 11) is 0. The minimum atomic E-state index is -0.487. The van der Waals surface area contributed by atoms with E-state index in [-0.39, 0.29) is 0 Å². The fourth-order valence-corrected chi connectivity index (χ4v) is 7.40. The standard InChI is InChI=1S/C37H21ClO/c38-24-15-17-29-33(21-24)37(31-19-18-28-27-11-5-7-13-34(27)39-36(28)35(29)31)30-12-6-4-10-25(30)26-16-14-23(20-32(26)37)22-8-2-1-3-9-22/h1-21H. The molecule has 1 heterocycles. The van der Waals surface area contributed by atoms with Gasteiger partial charge >= 0.3 is 0 Å². The molecular formula is C37H21ClO. The Bertz CT molecular complexity index is 2140. The van der Waals surface area contributed by atoms with Crippen LogP contribution in [0.25, 0.3) is 55.3 Å². The van der Waals surface area contributed by atoms with E-state index >= 15 is 0 Å². The van der Waals surface area contributed by atoms with Crippen LogP contribution in [0.2, 0.25) is 5.02 Å². The van der Waals surface area contributed by atoms with Gasteiger partial charge < -0.3 is 4.42 Å². The van der Waals surface area contributed by atoms with Gasteiger partial charge in [0.1, 0.15) is 11.2 Å². The zero-order chi connectivity index (χ0) is 25.7. The van der Waals surface area contributed by atoms with Crippen LogP contribution in [0.5, 0.6) is 0 Å². The SMILES string of the molecule is Clc1ccc2c(c1)C1(c3ccccc3-c3ccc(-c4ccccc4)cc31)c1ccc3c(oc4ccccc43)c1-2. The molecule has 0 aliphatic heterocycles. The van der Waals surface area contributed by atoms with Crippen LogP contribution in [0.3, 0.4) is 0 Å². The fraction of sp³-hybridized carbons (Fsp3) is 0.0270. The van der Waals surface area contributed by atoms with Crippen molar-refractivity contribution in [2.24, 2.45) is 0 Å². The Morgan fingerprint density at radius 1 is 0.487 bits per heavy atom. The first-order valence-electron chi connectivity index (χ1n) is 13.3. The maximum atomic E-state index is 6.77. The third kappa shape index (κ3) is 2.61. The summed E-state index contributed by atoms with van der Waals surface area (Å²) in [5.74, 6) is 0. The zero-order valence-corrected chi connectivity index (χ0v) is 21.7. The van der Waals surface area contributed by atoms with E-state index in [1.165, 1.54) is 55.6 Å². The van der Waals surface area contributed by atoms with Gasteiger partial charge in [-0.1, -0.05) is 115 Å². The molecule has 1 atom stereocenters. The molecule has 2 heteroatoms. The summed E-state index contributed by atoms with van der Waals surface area (Å²) in [5, 5.41) is 3.03. The lowest BCUT2D eigenvalue weighted by atomic mass is 9.70. The van der Waals surface area contributed by atoms with Gasteiger partial charge in [0.2, 0.25) is 0 Å². The Morgan fingerprint density at radius 2 is 1.23 bits per heavy atom. The van der Waals surface area contributed by atoms with Gasteiger partial charge in [0, 0.05) is 21.4 Å². The molecular weight excluding hydrogens is 496 g/mol. The van der Waals surface area contributed by atoms with Crippen LogP contribution in [0.15, 0.2) is 132 Å². The number of furan rings is 1. The quantitative estimate of drug-likeness (QED) is 0.211. The second-order valence-corrected chi connectivity index (χ2v) is 11.0. The average molecular weight is 517 g/mol. The number of benzene rings is 6. The summed E-state index contributed by atoms with van der Waals surface area (Å²) < 4.78 is 6.62. The van der Waals surface area contributed by atoms with Crippen LogP contribution >= 0.6 is 11.6 Å².